The number of nitrogens with zero attached hydrogens (tertiary/aromatic N) is 2. The van der Waals surface area contributed by atoms with E-state index in [-0.39, 0.29) is 6.01 Å². The summed E-state index contributed by atoms with van der Waals surface area (Å²) in [7, 11) is 0. The Balaban J connectivity index is 1.59. The zero-order chi connectivity index (χ0) is 12.2. The van der Waals surface area contributed by atoms with Gasteiger partial charge in [-0.05, 0) is 67.8 Å². The van der Waals surface area contributed by atoms with Crippen LogP contribution in [0.1, 0.15) is 44.3 Å². The van der Waals surface area contributed by atoms with E-state index in [0.29, 0.717) is 11.2 Å². The molecule has 4 nitrogen and oxygen atoms in total. The Kier molecular flexibility index (Phi) is 2.11. The minimum atomic E-state index is 0.153. The number of nitrogen functional groups attached to an aromatic ring is 1. The first-order valence-corrected chi connectivity index (χ1v) is 6.99. The fourth-order valence-corrected chi connectivity index (χ4v) is 4.95. The van der Waals surface area contributed by atoms with Crippen molar-refractivity contribution in [1.82, 2.24) is 10.1 Å². The minimum absolute atomic E-state index is 0.153. The first-order chi connectivity index (χ1) is 8.71. The third-order valence-electron chi connectivity index (χ3n) is 5.13. The van der Waals surface area contributed by atoms with Crippen molar-refractivity contribution in [3.8, 4) is 0 Å². The Morgan fingerprint density at radius 2 is 1.72 bits per heavy atom. The third-order valence-corrected chi connectivity index (χ3v) is 5.13. The summed E-state index contributed by atoms with van der Waals surface area (Å²) in [6.07, 6.45) is 12.9. The first-order valence-electron chi connectivity index (χ1n) is 6.99. The summed E-state index contributed by atoms with van der Waals surface area (Å²) in [5.41, 5.74) is 5.86. The van der Waals surface area contributed by atoms with E-state index in [1.165, 1.54) is 38.5 Å². The average molecular weight is 245 g/mol. The van der Waals surface area contributed by atoms with Gasteiger partial charge in [0, 0.05) is 0 Å². The molecule has 0 spiro atoms. The zero-order valence-electron chi connectivity index (χ0n) is 10.5. The van der Waals surface area contributed by atoms with Crippen LogP contribution in [0, 0.1) is 23.2 Å². The predicted octanol–water partition coefficient (Wildman–Crippen LogP) is 2.88. The standard InChI is InChI=1S/C14H19N3O/c15-13-16-12(17-18-13)1-2-14-6-9-3-10(7-14)5-11(4-9)8-14/h1-2,9-11H,3-8H2,(H2,15,16,17)/b2-1+. The molecule has 0 radical (unpaired) electrons. The van der Waals surface area contributed by atoms with Gasteiger partial charge in [-0.25, -0.2) is 0 Å². The molecule has 1 aromatic heterocycles. The number of hydrogen-bond donors (Lipinski definition) is 1. The first kappa shape index (κ1) is 10.6. The van der Waals surface area contributed by atoms with E-state index in [4.69, 9.17) is 10.3 Å². The quantitative estimate of drug-likeness (QED) is 0.870. The lowest BCUT2D eigenvalue weighted by molar-refractivity contribution is -0.0233. The highest BCUT2D eigenvalue weighted by Crippen LogP contribution is 2.60. The van der Waals surface area contributed by atoms with Crippen LogP contribution in [-0.4, -0.2) is 10.1 Å². The summed E-state index contributed by atoms with van der Waals surface area (Å²) in [5.74, 6) is 3.52. The maximum Gasteiger partial charge on any atom is 0.319 e. The third kappa shape index (κ3) is 1.66. The van der Waals surface area contributed by atoms with Crippen LogP contribution in [0.15, 0.2) is 10.6 Å². The number of anilines is 1. The number of hydrogen-bond acceptors (Lipinski definition) is 4. The van der Waals surface area contributed by atoms with Gasteiger partial charge >= 0.3 is 6.01 Å². The molecule has 0 saturated heterocycles. The van der Waals surface area contributed by atoms with Gasteiger partial charge in [0.05, 0.1) is 0 Å². The molecule has 0 amide bonds. The lowest BCUT2D eigenvalue weighted by Crippen LogP contribution is -2.44. The van der Waals surface area contributed by atoms with Gasteiger partial charge in [-0.2, -0.15) is 4.98 Å². The Labute approximate surface area is 107 Å². The largest absolute Gasteiger partial charge is 0.351 e. The van der Waals surface area contributed by atoms with Crippen LogP contribution in [0.3, 0.4) is 0 Å². The van der Waals surface area contributed by atoms with Crippen LogP contribution in [-0.2, 0) is 0 Å². The molecular weight excluding hydrogens is 226 g/mol. The van der Waals surface area contributed by atoms with Gasteiger partial charge in [0.15, 0.2) is 5.82 Å². The molecule has 5 rings (SSSR count). The zero-order valence-corrected chi connectivity index (χ0v) is 10.5. The highest BCUT2D eigenvalue weighted by atomic mass is 16.5. The maximum absolute atomic E-state index is 5.44. The molecule has 4 bridgehead atoms. The lowest BCUT2D eigenvalue weighted by Gasteiger charge is -2.55. The van der Waals surface area contributed by atoms with Crippen LogP contribution in [0.25, 0.3) is 6.08 Å². The molecule has 2 N–H and O–H groups in total. The molecule has 96 valence electrons. The summed E-state index contributed by atoms with van der Waals surface area (Å²) in [5, 5.41) is 3.83. The molecule has 18 heavy (non-hydrogen) atoms. The number of nitrogens with two attached hydrogens (primary N) is 1. The fraction of sp³-hybridized carbons (Fsp3) is 0.714. The van der Waals surface area contributed by atoms with E-state index in [1.54, 1.807) is 0 Å². The van der Waals surface area contributed by atoms with Crippen molar-refractivity contribution in [3.05, 3.63) is 11.9 Å². The smallest absolute Gasteiger partial charge is 0.319 e. The second-order valence-corrected chi connectivity index (χ2v) is 6.60. The molecule has 0 aromatic carbocycles. The van der Waals surface area contributed by atoms with Crippen molar-refractivity contribution in [1.29, 1.82) is 0 Å². The van der Waals surface area contributed by atoms with E-state index in [2.05, 4.69) is 16.2 Å². The van der Waals surface area contributed by atoms with Gasteiger partial charge in [-0.3, -0.25) is 0 Å². The Morgan fingerprint density at radius 3 is 2.22 bits per heavy atom. The van der Waals surface area contributed by atoms with Crippen LogP contribution in [0.4, 0.5) is 6.01 Å². The topological polar surface area (TPSA) is 64.9 Å². The Morgan fingerprint density at radius 1 is 1.11 bits per heavy atom. The molecule has 1 heterocycles. The van der Waals surface area contributed by atoms with Gasteiger partial charge in [-0.15, -0.1) is 0 Å². The van der Waals surface area contributed by atoms with Crippen LogP contribution >= 0.6 is 0 Å². The molecule has 4 fully saturated rings. The van der Waals surface area contributed by atoms with Crippen molar-refractivity contribution < 1.29 is 4.52 Å². The van der Waals surface area contributed by atoms with Crippen LogP contribution in [0.5, 0.6) is 0 Å². The molecule has 4 aliphatic carbocycles. The van der Waals surface area contributed by atoms with Crippen molar-refractivity contribution in [3.63, 3.8) is 0 Å². The van der Waals surface area contributed by atoms with Gasteiger partial charge in [0.25, 0.3) is 0 Å². The van der Waals surface area contributed by atoms with E-state index in [0.717, 1.165) is 17.8 Å². The molecule has 4 aliphatic rings. The number of allylic oxidation sites excluding steroid dienone is 1. The summed E-state index contributed by atoms with van der Waals surface area (Å²) >= 11 is 0. The summed E-state index contributed by atoms with van der Waals surface area (Å²) < 4.78 is 4.80. The maximum atomic E-state index is 5.44. The SMILES string of the molecule is Nc1nc(/C=C/C23CC4CC(CC(C4)C2)C3)no1. The van der Waals surface area contributed by atoms with Gasteiger partial charge in [-0.1, -0.05) is 11.2 Å². The Bertz CT molecular complexity index is 456. The molecule has 4 saturated carbocycles. The van der Waals surface area contributed by atoms with Gasteiger partial charge in [0.1, 0.15) is 0 Å². The van der Waals surface area contributed by atoms with E-state index in [9.17, 15) is 0 Å². The van der Waals surface area contributed by atoms with Gasteiger partial charge < -0.3 is 10.3 Å². The van der Waals surface area contributed by atoms with Crippen LogP contribution < -0.4 is 5.73 Å². The predicted molar refractivity (Wildman–Crippen MR) is 68.3 cm³/mol. The normalized spacial score (nSPS) is 41.9. The van der Waals surface area contributed by atoms with Crippen LogP contribution in [0.2, 0.25) is 0 Å². The van der Waals surface area contributed by atoms with E-state index >= 15 is 0 Å². The molecule has 1 aromatic rings. The highest BCUT2D eigenvalue weighted by Gasteiger charge is 2.49. The second kappa shape index (κ2) is 3.59. The Hall–Kier alpha value is -1.32. The molecule has 4 heteroatoms. The van der Waals surface area contributed by atoms with Crippen molar-refractivity contribution in [2.75, 3.05) is 5.73 Å². The van der Waals surface area contributed by atoms with E-state index in [1.807, 2.05) is 6.08 Å². The number of aromatic nitrogens is 2. The van der Waals surface area contributed by atoms with Gasteiger partial charge in [0.2, 0.25) is 0 Å². The lowest BCUT2D eigenvalue weighted by atomic mass is 9.49. The molecule has 0 aliphatic heterocycles. The molecular formula is C14H19N3O. The summed E-state index contributed by atoms with van der Waals surface area (Å²) in [6, 6.07) is 0.153. The van der Waals surface area contributed by atoms with Crippen molar-refractivity contribution >= 4 is 12.1 Å². The highest BCUT2D eigenvalue weighted by molar-refractivity contribution is 5.42. The number of rotatable bonds is 2. The fourth-order valence-electron chi connectivity index (χ4n) is 4.95. The summed E-state index contributed by atoms with van der Waals surface area (Å²) in [4.78, 5) is 4.04. The monoisotopic (exact) mass is 245 g/mol. The van der Waals surface area contributed by atoms with Crippen molar-refractivity contribution in [2.45, 2.75) is 38.5 Å². The average Bonchev–Trinajstić information content (AvgIpc) is 2.71. The molecule has 0 unspecified atom stereocenters. The van der Waals surface area contributed by atoms with Crippen molar-refractivity contribution in [2.24, 2.45) is 23.2 Å². The minimum Gasteiger partial charge on any atom is -0.351 e. The van der Waals surface area contributed by atoms with E-state index < -0.39 is 0 Å². The molecule has 0 atom stereocenters. The second-order valence-electron chi connectivity index (χ2n) is 6.60. The summed E-state index contributed by atoms with van der Waals surface area (Å²) in [6.45, 7) is 0.